The highest BCUT2D eigenvalue weighted by atomic mass is 79.9. The first-order valence-corrected chi connectivity index (χ1v) is 6.78. The summed E-state index contributed by atoms with van der Waals surface area (Å²) < 4.78 is 16.6. The fourth-order valence-corrected chi connectivity index (χ4v) is 2.36. The van der Waals surface area contributed by atoms with Crippen LogP contribution in [0, 0.1) is 6.92 Å². The minimum absolute atomic E-state index is 0.211. The number of benzene rings is 1. The van der Waals surface area contributed by atoms with E-state index in [-0.39, 0.29) is 6.61 Å². The molecule has 19 heavy (non-hydrogen) atoms. The molecule has 5 nitrogen and oxygen atoms in total. The van der Waals surface area contributed by atoms with Crippen LogP contribution in [0.25, 0.3) is 0 Å². The molecule has 0 bridgehead atoms. The summed E-state index contributed by atoms with van der Waals surface area (Å²) in [6.07, 6.45) is -1.38. The predicted octanol–water partition coefficient (Wildman–Crippen LogP) is 2.13. The van der Waals surface area contributed by atoms with Crippen LogP contribution in [0.5, 0.6) is 11.5 Å². The number of hydrogen-bond donors (Lipinski definition) is 1. The molecule has 1 aromatic rings. The minimum atomic E-state index is -1.38. The third-order valence-corrected chi connectivity index (χ3v) is 3.68. The Labute approximate surface area is 119 Å². The molecule has 104 valence electrons. The molecule has 1 aliphatic rings. The Morgan fingerprint density at radius 1 is 1.53 bits per heavy atom. The number of fused-ring (bicyclic) bond motifs is 1. The van der Waals surface area contributed by atoms with Crippen molar-refractivity contribution in [3.05, 3.63) is 21.7 Å². The van der Waals surface area contributed by atoms with Crippen LogP contribution in [0.4, 0.5) is 0 Å². The summed E-state index contributed by atoms with van der Waals surface area (Å²) in [6.45, 7) is 4.52. The van der Waals surface area contributed by atoms with Gasteiger partial charge in [0.2, 0.25) is 0 Å². The van der Waals surface area contributed by atoms with Crippen molar-refractivity contribution in [3.63, 3.8) is 0 Å². The first-order valence-electron chi connectivity index (χ1n) is 5.99. The van der Waals surface area contributed by atoms with E-state index in [1.54, 1.807) is 19.9 Å². The number of esters is 1. The molecule has 0 spiro atoms. The van der Waals surface area contributed by atoms with Gasteiger partial charge in [0.15, 0.2) is 17.6 Å². The molecule has 6 heteroatoms. The lowest BCUT2D eigenvalue weighted by atomic mass is 10.0. The molecule has 0 amide bonds. The average molecular weight is 331 g/mol. The van der Waals surface area contributed by atoms with E-state index in [9.17, 15) is 9.90 Å². The number of aliphatic hydroxyl groups excluding tert-OH is 1. The largest absolute Gasteiger partial charge is 0.486 e. The smallest absolute Gasteiger partial charge is 0.339 e. The Kier molecular flexibility index (Phi) is 4.31. The Morgan fingerprint density at radius 2 is 2.21 bits per heavy atom. The summed E-state index contributed by atoms with van der Waals surface area (Å²) in [4.78, 5) is 11.7. The van der Waals surface area contributed by atoms with E-state index in [0.29, 0.717) is 30.3 Å². The van der Waals surface area contributed by atoms with Gasteiger partial charge in [-0.05, 0) is 25.5 Å². The van der Waals surface area contributed by atoms with Gasteiger partial charge in [-0.15, -0.1) is 0 Å². The topological polar surface area (TPSA) is 65.0 Å². The van der Waals surface area contributed by atoms with E-state index in [1.807, 2.05) is 0 Å². The third kappa shape index (κ3) is 2.69. The summed E-state index contributed by atoms with van der Waals surface area (Å²) in [6, 6.07) is 1.77. The molecule has 1 atom stereocenters. The van der Waals surface area contributed by atoms with Crippen molar-refractivity contribution in [2.75, 3.05) is 19.8 Å². The van der Waals surface area contributed by atoms with Crippen molar-refractivity contribution in [1.29, 1.82) is 0 Å². The second kappa shape index (κ2) is 5.79. The van der Waals surface area contributed by atoms with Crippen molar-refractivity contribution in [1.82, 2.24) is 0 Å². The first-order chi connectivity index (χ1) is 9.06. The molecule has 1 aliphatic heterocycles. The van der Waals surface area contributed by atoms with E-state index in [0.717, 1.165) is 10.0 Å². The van der Waals surface area contributed by atoms with Crippen LogP contribution in [0.2, 0.25) is 0 Å². The molecule has 0 aromatic heterocycles. The molecule has 0 aliphatic carbocycles. The van der Waals surface area contributed by atoms with Crippen LogP contribution >= 0.6 is 15.9 Å². The van der Waals surface area contributed by atoms with Gasteiger partial charge < -0.3 is 19.3 Å². The molecule has 0 radical (unpaired) electrons. The molecule has 1 heterocycles. The number of aliphatic hydroxyl groups is 1. The van der Waals surface area contributed by atoms with Gasteiger partial charge >= 0.3 is 5.97 Å². The Morgan fingerprint density at radius 3 is 2.89 bits per heavy atom. The van der Waals surface area contributed by atoms with E-state index < -0.39 is 12.1 Å². The van der Waals surface area contributed by atoms with Gasteiger partial charge in [0, 0.05) is 10.0 Å². The van der Waals surface area contributed by atoms with Crippen LogP contribution in [-0.2, 0) is 9.53 Å². The van der Waals surface area contributed by atoms with Gasteiger partial charge in [0.1, 0.15) is 13.2 Å². The van der Waals surface area contributed by atoms with Crippen LogP contribution < -0.4 is 9.47 Å². The highest BCUT2D eigenvalue weighted by Gasteiger charge is 2.29. The molecule has 0 saturated heterocycles. The SMILES string of the molecule is CCOC(=O)C(O)c1c(C)c(Br)cc2c1OCCO2. The quantitative estimate of drug-likeness (QED) is 0.860. The van der Waals surface area contributed by atoms with Gasteiger partial charge in [-0.2, -0.15) is 0 Å². The fraction of sp³-hybridized carbons (Fsp3) is 0.462. The minimum Gasteiger partial charge on any atom is -0.486 e. The maximum Gasteiger partial charge on any atom is 0.339 e. The van der Waals surface area contributed by atoms with Gasteiger partial charge in [-0.25, -0.2) is 4.79 Å². The van der Waals surface area contributed by atoms with Crippen molar-refractivity contribution >= 4 is 21.9 Å². The second-order valence-electron chi connectivity index (χ2n) is 4.08. The molecule has 0 fully saturated rings. The van der Waals surface area contributed by atoms with Crippen LogP contribution in [0.3, 0.4) is 0 Å². The molecule has 1 unspecified atom stereocenters. The number of halogens is 1. The van der Waals surface area contributed by atoms with E-state index in [4.69, 9.17) is 14.2 Å². The summed E-state index contributed by atoms with van der Waals surface area (Å²) >= 11 is 3.38. The fourth-order valence-electron chi connectivity index (χ4n) is 1.94. The predicted molar refractivity (Wildman–Crippen MR) is 71.5 cm³/mol. The summed E-state index contributed by atoms with van der Waals surface area (Å²) in [5.41, 5.74) is 1.12. The van der Waals surface area contributed by atoms with E-state index in [2.05, 4.69) is 15.9 Å². The number of ether oxygens (including phenoxy) is 3. The second-order valence-corrected chi connectivity index (χ2v) is 4.93. The standard InChI is InChI=1S/C13H15BrO5/c1-3-17-13(16)11(15)10-7(2)8(14)6-9-12(10)19-5-4-18-9/h6,11,15H,3-5H2,1-2H3. The van der Waals surface area contributed by atoms with Crippen molar-refractivity contribution in [2.24, 2.45) is 0 Å². The Balaban J connectivity index is 2.48. The van der Waals surface area contributed by atoms with Crippen molar-refractivity contribution in [2.45, 2.75) is 20.0 Å². The molecule has 1 aromatic carbocycles. The van der Waals surface area contributed by atoms with Gasteiger partial charge in [-0.3, -0.25) is 0 Å². The highest BCUT2D eigenvalue weighted by molar-refractivity contribution is 9.10. The molecule has 1 N–H and O–H groups in total. The molecular formula is C13H15BrO5. The average Bonchev–Trinajstić information content (AvgIpc) is 2.40. The summed E-state index contributed by atoms with van der Waals surface area (Å²) in [5, 5.41) is 10.2. The highest BCUT2D eigenvalue weighted by Crippen LogP contribution is 2.43. The van der Waals surface area contributed by atoms with Crippen LogP contribution in [0.15, 0.2) is 10.5 Å². The zero-order valence-corrected chi connectivity index (χ0v) is 12.3. The lowest BCUT2D eigenvalue weighted by Crippen LogP contribution is -2.22. The number of hydrogen-bond acceptors (Lipinski definition) is 5. The number of carbonyl (C=O) groups excluding carboxylic acids is 1. The normalized spacial score (nSPS) is 14.9. The maximum atomic E-state index is 11.7. The first kappa shape index (κ1) is 14.1. The third-order valence-electron chi connectivity index (χ3n) is 2.86. The van der Waals surface area contributed by atoms with Gasteiger partial charge in [0.05, 0.1) is 6.61 Å². The lowest BCUT2D eigenvalue weighted by molar-refractivity contribution is -0.153. The molecule has 0 saturated carbocycles. The Bertz CT molecular complexity index is 500. The summed E-state index contributed by atoms with van der Waals surface area (Å²) in [5.74, 6) is 0.231. The van der Waals surface area contributed by atoms with Crippen molar-refractivity contribution in [3.8, 4) is 11.5 Å². The van der Waals surface area contributed by atoms with Crippen LogP contribution in [0.1, 0.15) is 24.2 Å². The monoisotopic (exact) mass is 330 g/mol. The summed E-state index contributed by atoms with van der Waals surface area (Å²) in [7, 11) is 0. The Hall–Kier alpha value is -1.27. The van der Waals surface area contributed by atoms with E-state index >= 15 is 0 Å². The maximum absolute atomic E-state index is 11.7. The zero-order valence-electron chi connectivity index (χ0n) is 10.7. The molecular weight excluding hydrogens is 316 g/mol. The number of carbonyl (C=O) groups is 1. The van der Waals surface area contributed by atoms with Gasteiger partial charge in [0.25, 0.3) is 0 Å². The van der Waals surface area contributed by atoms with E-state index in [1.165, 1.54) is 0 Å². The number of rotatable bonds is 3. The molecule has 2 rings (SSSR count). The zero-order chi connectivity index (χ0) is 14.0. The van der Waals surface area contributed by atoms with Crippen molar-refractivity contribution < 1.29 is 24.1 Å². The van der Waals surface area contributed by atoms with Gasteiger partial charge in [-0.1, -0.05) is 15.9 Å². The lowest BCUT2D eigenvalue weighted by Gasteiger charge is -2.24. The van der Waals surface area contributed by atoms with Crippen LogP contribution in [-0.4, -0.2) is 30.9 Å².